The van der Waals surface area contributed by atoms with Gasteiger partial charge < -0.3 is 15.0 Å². The lowest BCUT2D eigenvalue weighted by Gasteiger charge is -2.32. The van der Waals surface area contributed by atoms with Gasteiger partial charge in [-0.2, -0.15) is 0 Å². The van der Waals surface area contributed by atoms with Gasteiger partial charge in [-0.25, -0.2) is 4.39 Å². The molecular formula is C30H34ClFN2O3. The number of halogens is 2. The second-order valence-electron chi connectivity index (χ2n) is 9.08. The van der Waals surface area contributed by atoms with Crippen LogP contribution in [-0.4, -0.2) is 35.4 Å². The summed E-state index contributed by atoms with van der Waals surface area (Å²) >= 11 is 5.92. The van der Waals surface area contributed by atoms with Crippen LogP contribution in [0.2, 0.25) is 5.02 Å². The summed E-state index contributed by atoms with van der Waals surface area (Å²) in [6, 6.07) is 22.0. The molecule has 0 heterocycles. The van der Waals surface area contributed by atoms with E-state index in [1.54, 1.807) is 41.3 Å². The van der Waals surface area contributed by atoms with E-state index in [0.717, 1.165) is 17.5 Å². The largest absolute Gasteiger partial charge is 0.494 e. The van der Waals surface area contributed by atoms with Crippen LogP contribution in [0.25, 0.3) is 0 Å². The molecule has 3 aromatic rings. The van der Waals surface area contributed by atoms with Crippen LogP contribution in [0, 0.1) is 5.82 Å². The van der Waals surface area contributed by atoms with Crippen molar-refractivity contribution in [2.45, 2.75) is 58.2 Å². The molecule has 1 N–H and O–H groups in total. The van der Waals surface area contributed by atoms with Gasteiger partial charge in [0.2, 0.25) is 11.8 Å². The Kier molecular flexibility index (Phi) is 11.0. The minimum Gasteiger partial charge on any atom is -0.494 e. The van der Waals surface area contributed by atoms with Crippen molar-refractivity contribution in [3.63, 3.8) is 0 Å². The van der Waals surface area contributed by atoms with Gasteiger partial charge in [-0.1, -0.05) is 61.0 Å². The summed E-state index contributed by atoms with van der Waals surface area (Å²) in [5, 5.41) is 3.67. The number of rotatable bonds is 13. The Hall–Kier alpha value is -3.38. The maximum atomic E-state index is 13.6. The van der Waals surface area contributed by atoms with E-state index in [4.69, 9.17) is 16.3 Å². The van der Waals surface area contributed by atoms with Crippen LogP contribution in [0.15, 0.2) is 78.9 Å². The molecule has 0 aliphatic rings. The Labute approximate surface area is 223 Å². The molecule has 0 aromatic heterocycles. The second-order valence-corrected chi connectivity index (χ2v) is 9.51. The molecule has 7 heteroatoms. The summed E-state index contributed by atoms with van der Waals surface area (Å²) < 4.78 is 19.3. The van der Waals surface area contributed by atoms with Gasteiger partial charge in [0.1, 0.15) is 17.6 Å². The molecule has 3 aromatic carbocycles. The van der Waals surface area contributed by atoms with E-state index < -0.39 is 6.04 Å². The Morgan fingerprint density at radius 1 is 0.973 bits per heavy atom. The first kappa shape index (κ1) is 28.2. The van der Waals surface area contributed by atoms with Crippen molar-refractivity contribution in [3.05, 3.63) is 101 Å². The van der Waals surface area contributed by atoms with E-state index in [2.05, 4.69) is 5.32 Å². The lowest BCUT2D eigenvalue weighted by atomic mass is 10.0. The Bertz CT molecular complexity index is 1120. The van der Waals surface area contributed by atoms with E-state index in [1.807, 2.05) is 44.2 Å². The SMILES string of the molecule is CC[C@H](C)NC(=O)[C@H](Cc1ccccc1)N(Cc1ccc(F)cc1)C(=O)CCCOc1ccc(Cl)cc1. The van der Waals surface area contributed by atoms with Gasteiger partial charge in [0.05, 0.1) is 6.61 Å². The number of hydrogen-bond acceptors (Lipinski definition) is 3. The number of amides is 2. The smallest absolute Gasteiger partial charge is 0.243 e. The van der Waals surface area contributed by atoms with Gasteiger partial charge in [0.25, 0.3) is 0 Å². The molecule has 0 bridgehead atoms. The maximum Gasteiger partial charge on any atom is 0.243 e. The van der Waals surface area contributed by atoms with Gasteiger partial charge in [-0.3, -0.25) is 9.59 Å². The zero-order valence-corrected chi connectivity index (χ0v) is 22.1. The highest BCUT2D eigenvalue weighted by Gasteiger charge is 2.30. The fourth-order valence-corrected chi connectivity index (χ4v) is 4.00. The van der Waals surface area contributed by atoms with Crippen LogP contribution in [0.3, 0.4) is 0 Å². The molecule has 0 spiro atoms. The van der Waals surface area contributed by atoms with Gasteiger partial charge >= 0.3 is 0 Å². The van der Waals surface area contributed by atoms with E-state index in [1.165, 1.54) is 12.1 Å². The molecule has 0 aliphatic carbocycles. The van der Waals surface area contributed by atoms with Crippen molar-refractivity contribution in [1.82, 2.24) is 10.2 Å². The first-order chi connectivity index (χ1) is 17.9. The zero-order chi connectivity index (χ0) is 26.6. The molecule has 0 saturated carbocycles. The lowest BCUT2D eigenvalue weighted by molar-refractivity contribution is -0.141. The molecule has 0 aliphatic heterocycles. The average Bonchev–Trinajstić information content (AvgIpc) is 2.91. The number of carbonyl (C=O) groups is 2. The van der Waals surface area contributed by atoms with Crippen molar-refractivity contribution < 1.29 is 18.7 Å². The van der Waals surface area contributed by atoms with Gasteiger partial charge in [0.15, 0.2) is 0 Å². The summed E-state index contributed by atoms with van der Waals surface area (Å²) in [5.74, 6) is -0.0402. The van der Waals surface area contributed by atoms with Crippen molar-refractivity contribution in [1.29, 1.82) is 0 Å². The Balaban J connectivity index is 1.78. The molecule has 37 heavy (non-hydrogen) atoms. The number of benzene rings is 3. The summed E-state index contributed by atoms with van der Waals surface area (Å²) in [6.45, 7) is 4.49. The van der Waals surface area contributed by atoms with Crippen molar-refractivity contribution in [3.8, 4) is 5.75 Å². The Morgan fingerprint density at radius 3 is 2.30 bits per heavy atom. The molecule has 0 unspecified atom stereocenters. The number of ether oxygens (including phenoxy) is 1. The normalized spacial score (nSPS) is 12.4. The first-order valence-corrected chi connectivity index (χ1v) is 13.0. The van der Waals surface area contributed by atoms with E-state index in [9.17, 15) is 14.0 Å². The standard InChI is InChI=1S/C30H34ClFN2O3/c1-3-22(2)33-30(36)28(20-23-8-5-4-6-9-23)34(21-24-11-15-26(32)16-12-24)29(35)10-7-19-37-27-17-13-25(31)14-18-27/h4-6,8-9,11-18,22,28H,3,7,10,19-21H2,1-2H3,(H,33,36)/t22-,28-/m0/s1. The zero-order valence-electron chi connectivity index (χ0n) is 21.3. The Morgan fingerprint density at radius 2 is 1.65 bits per heavy atom. The average molecular weight is 525 g/mol. The van der Waals surface area contributed by atoms with Crippen molar-refractivity contribution in [2.24, 2.45) is 0 Å². The monoisotopic (exact) mass is 524 g/mol. The highest BCUT2D eigenvalue weighted by Crippen LogP contribution is 2.19. The predicted octanol–water partition coefficient (Wildman–Crippen LogP) is 6.19. The predicted molar refractivity (Wildman–Crippen MR) is 145 cm³/mol. The molecule has 2 amide bonds. The highest BCUT2D eigenvalue weighted by atomic mass is 35.5. The van der Waals surface area contributed by atoms with Crippen LogP contribution < -0.4 is 10.1 Å². The molecule has 0 radical (unpaired) electrons. The van der Waals surface area contributed by atoms with Crippen LogP contribution in [-0.2, 0) is 22.6 Å². The van der Waals surface area contributed by atoms with Gasteiger partial charge in [-0.15, -0.1) is 0 Å². The minimum absolute atomic E-state index is 0.0266. The summed E-state index contributed by atoms with van der Waals surface area (Å²) in [7, 11) is 0. The van der Waals surface area contributed by atoms with Crippen LogP contribution in [0.1, 0.15) is 44.2 Å². The van der Waals surface area contributed by atoms with Crippen molar-refractivity contribution in [2.75, 3.05) is 6.61 Å². The minimum atomic E-state index is -0.717. The van der Waals surface area contributed by atoms with E-state index in [-0.39, 0.29) is 36.6 Å². The molecule has 3 rings (SSSR count). The summed E-state index contributed by atoms with van der Waals surface area (Å²) in [6.07, 6.45) is 1.83. The van der Waals surface area contributed by atoms with Crippen LogP contribution >= 0.6 is 11.6 Å². The third-order valence-corrected chi connectivity index (χ3v) is 6.41. The number of nitrogens with zero attached hydrogens (tertiary/aromatic N) is 1. The molecule has 5 nitrogen and oxygen atoms in total. The number of nitrogens with one attached hydrogen (secondary N) is 1. The van der Waals surface area contributed by atoms with Crippen LogP contribution in [0.4, 0.5) is 4.39 Å². The highest BCUT2D eigenvalue weighted by molar-refractivity contribution is 6.30. The molecule has 0 saturated heterocycles. The van der Waals surface area contributed by atoms with Crippen molar-refractivity contribution >= 4 is 23.4 Å². The molecule has 196 valence electrons. The fourth-order valence-electron chi connectivity index (χ4n) is 3.87. The lowest BCUT2D eigenvalue weighted by Crippen LogP contribution is -2.52. The third-order valence-electron chi connectivity index (χ3n) is 6.16. The topological polar surface area (TPSA) is 58.6 Å². The summed E-state index contributed by atoms with van der Waals surface area (Å²) in [4.78, 5) is 28.6. The molecular weight excluding hydrogens is 491 g/mol. The fraction of sp³-hybridized carbons (Fsp3) is 0.333. The third kappa shape index (κ3) is 9.21. The summed E-state index contributed by atoms with van der Waals surface area (Å²) in [5.41, 5.74) is 1.70. The van der Waals surface area contributed by atoms with Gasteiger partial charge in [0, 0.05) is 30.5 Å². The van der Waals surface area contributed by atoms with Crippen LogP contribution in [0.5, 0.6) is 5.75 Å². The van der Waals surface area contributed by atoms with E-state index in [0.29, 0.717) is 30.2 Å². The number of carbonyl (C=O) groups excluding carboxylic acids is 2. The molecule has 0 fully saturated rings. The van der Waals surface area contributed by atoms with Gasteiger partial charge in [-0.05, 0) is 67.3 Å². The maximum absolute atomic E-state index is 13.6. The first-order valence-electron chi connectivity index (χ1n) is 12.6. The number of hydrogen-bond donors (Lipinski definition) is 1. The second kappa shape index (κ2) is 14.4. The quantitative estimate of drug-likeness (QED) is 0.271. The van der Waals surface area contributed by atoms with E-state index >= 15 is 0 Å². The molecule has 2 atom stereocenters.